The first-order valence-corrected chi connectivity index (χ1v) is 19.5. The Kier molecular flexibility index (Phi) is 6.00. The van der Waals surface area contributed by atoms with Gasteiger partial charge in [0.1, 0.15) is 0 Å². The van der Waals surface area contributed by atoms with Gasteiger partial charge in [-0.05, 0) is 117 Å². The van der Waals surface area contributed by atoms with Crippen molar-refractivity contribution in [3.63, 3.8) is 0 Å². The Morgan fingerprint density at radius 1 is 0.429 bits per heavy atom. The smallest absolute Gasteiger partial charge is 0.0709 e. The summed E-state index contributed by atoms with van der Waals surface area (Å²) in [6, 6.07) is 58.5. The molecule has 0 fully saturated rings. The van der Waals surface area contributed by atoms with Crippen LogP contribution in [0.15, 0.2) is 188 Å². The summed E-state index contributed by atoms with van der Waals surface area (Å²) in [6.07, 6.45) is 11.1. The molecular formula is C53H33N3. The molecule has 0 saturated carbocycles. The Balaban J connectivity index is 1.10. The van der Waals surface area contributed by atoms with Gasteiger partial charge in [0, 0.05) is 56.3 Å². The number of benzene rings is 8. The maximum Gasteiger partial charge on any atom is 0.0709 e. The molecule has 3 heterocycles. The average molecular weight is 712 g/mol. The van der Waals surface area contributed by atoms with E-state index in [9.17, 15) is 0 Å². The molecule has 3 nitrogen and oxygen atoms in total. The third-order valence-corrected chi connectivity index (χ3v) is 12.7. The van der Waals surface area contributed by atoms with E-state index in [4.69, 9.17) is 4.98 Å². The molecule has 0 N–H and O–H groups in total. The van der Waals surface area contributed by atoms with Gasteiger partial charge in [0.15, 0.2) is 0 Å². The first-order valence-electron chi connectivity index (χ1n) is 19.5. The van der Waals surface area contributed by atoms with Crippen LogP contribution in [0.2, 0.25) is 0 Å². The fourth-order valence-electron chi connectivity index (χ4n) is 10.4. The zero-order valence-corrected chi connectivity index (χ0v) is 30.4. The molecule has 260 valence electrons. The number of hydrogen-bond donors (Lipinski definition) is 0. The van der Waals surface area contributed by atoms with Crippen LogP contribution in [0.25, 0.3) is 98.6 Å². The molecule has 0 spiro atoms. The van der Waals surface area contributed by atoms with E-state index in [1.165, 1.54) is 92.8 Å². The lowest BCUT2D eigenvalue weighted by molar-refractivity contribution is 0.773. The molecule has 13 rings (SSSR count). The largest absolute Gasteiger partial charge is 0.309 e. The molecule has 2 aliphatic carbocycles. The Morgan fingerprint density at radius 2 is 1.14 bits per heavy atom. The molecule has 2 unspecified atom stereocenters. The van der Waals surface area contributed by atoms with E-state index in [1.807, 2.05) is 12.3 Å². The third-order valence-electron chi connectivity index (χ3n) is 12.7. The monoisotopic (exact) mass is 711 g/mol. The van der Waals surface area contributed by atoms with Gasteiger partial charge >= 0.3 is 0 Å². The van der Waals surface area contributed by atoms with Crippen LogP contribution in [0, 0.1) is 0 Å². The van der Waals surface area contributed by atoms with Gasteiger partial charge in [0.2, 0.25) is 0 Å². The minimum atomic E-state index is 0.360. The zero-order chi connectivity index (χ0) is 36.5. The highest BCUT2D eigenvalue weighted by Gasteiger charge is 2.34. The van der Waals surface area contributed by atoms with E-state index in [0.29, 0.717) is 11.8 Å². The van der Waals surface area contributed by atoms with Gasteiger partial charge in [-0.15, -0.1) is 0 Å². The maximum absolute atomic E-state index is 4.71. The van der Waals surface area contributed by atoms with E-state index < -0.39 is 0 Å². The lowest BCUT2D eigenvalue weighted by atomic mass is 9.85. The molecule has 3 heteroatoms. The van der Waals surface area contributed by atoms with E-state index in [1.54, 1.807) is 0 Å². The van der Waals surface area contributed by atoms with Crippen LogP contribution in [0.5, 0.6) is 0 Å². The third kappa shape index (κ3) is 3.99. The van der Waals surface area contributed by atoms with Crippen molar-refractivity contribution in [3.05, 3.63) is 199 Å². The average Bonchev–Trinajstić information content (AvgIpc) is 3.90. The van der Waals surface area contributed by atoms with Gasteiger partial charge in [0.25, 0.3) is 0 Å². The van der Waals surface area contributed by atoms with Gasteiger partial charge in [-0.1, -0.05) is 109 Å². The molecule has 2 atom stereocenters. The lowest BCUT2D eigenvalue weighted by Crippen LogP contribution is -2.02. The molecule has 0 bridgehead atoms. The highest BCUT2D eigenvalue weighted by Crippen LogP contribution is 2.54. The quantitative estimate of drug-likeness (QED) is 0.167. The van der Waals surface area contributed by atoms with Crippen molar-refractivity contribution < 1.29 is 0 Å². The molecule has 3 aromatic heterocycles. The van der Waals surface area contributed by atoms with Crippen molar-refractivity contribution in [2.45, 2.75) is 11.8 Å². The van der Waals surface area contributed by atoms with Crippen LogP contribution < -0.4 is 0 Å². The first-order chi connectivity index (χ1) is 27.8. The normalized spacial score (nSPS) is 16.1. The minimum Gasteiger partial charge on any atom is -0.309 e. The molecule has 0 amide bonds. The first kappa shape index (κ1) is 30.1. The molecule has 0 aliphatic heterocycles. The highest BCUT2D eigenvalue weighted by molar-refractivity contribution is 6.21. The van der Waals surface area contributed by atoms with Gasteiger partial charge in [-0.25, -0.2) is 0 Å². The Labute approximate surface area is 322 Å². The zero-order valence-electron chi connectivity index (χ0n) is 30.4. The second-order valence-electron chi connectivity index (χ2n) is 15.4. The summed E-state index contributed by atoms with van der Waals surface area (Å²) in [7, 11) is 0. The van der Waals surface area contributed by atoms with Gasteiger partial charge in [0.05, 0.1) is 27.6 Å². The van der Waals surface area contributed by atoms with Gasteiger partial charge in [-0.2, -0.15) is 0 Å². The van der Waals surface area contributed by atoms with Crippen LogP contribution in [-0.2, 0) is 0 Å². The molecule has 0 radical (unpaired) electrons. The number of allylic oxidation sites excluding steroid dienone is 4. The summed E-state index contributed by atoms with van der Waals surface area (Å²) in [5.41, 5.74) is 13.5. The van der Waals surface area contributed by atoms with Crippen molar-refractivity contribution in [1.29, 1.82) is 0 Å². The second kappa shape index (κ2) is 11.2. The van der Waals surface area contributed by atoms with E-state index in [2.05, 4.69) is 185 Å². The number of rotatable bonds is 3. The minimum absolute atomic E-state index is 0.360. The van der Waals surface area contributed by atoms with Crippen LogP contribution in [0.1, 0.15) is 23.0 Å². The van der Waals surface area contributed by atoms with Crippen molar-refractivity contribution in [3.8, 4) is 22.5 Å². The van der Waals surface area contributed by atoms with Crippen LogP contribution >= 0.6 is 0 Å². The Morgan fingerprint density at radius 3 is 2.05 bits per heavy atom. The summed E-state index contributed by atoms with van der Waals surface area (Å²) in [5.74, 6) is 0.732. The van der Waals surface area contributed by atoms with Crippen molar-refractivity contribution in [2.75, 3.05) is 0 Å². The van der Waals surface area contributed by atoms with Gasteiger partial charge < -0.3 is 9.13 Å². The summed E-state index contributed by atoms with van der Waals surface area (Å²) >= 11 is 0. The summed E-state index contributed by atoms with van der Waals surface area (Å²) in [5, 5.41) is 11.6. The van der Waals surface area contributed by atoms with Gasteiger partial charge in [-0.3, -0.25) is 4.98 Å². The second-order valence-corrected chi connectivity index (χ2v) is 15.4. The number of nitrogens with zero attached hydrogens (tertiary/aromatic N) is 3. The van der Waals surface area contributed by atoms with Crippen molar-refractivity contribution in [2.24, 2.45) is 0 Å². The summed E-state index contributed by atoms with van der Waals surface area (Å²) in [6.45, 7) is 0. The number of hydrogen-bond acceptors (Lipinski definition) is 1. The molecule has 2 aliphatic rings. The van der Waals surface area contributed by atoms with Crippen LogP contribution in [-0.4, -0.2) is 14.1 Å². The predicted molar refractivity (Wildman–Crippen MR) is 235 cm³/mol. The Bertz CT molecular complexity index is 3540. The molecule has 56 heavy (non-hydrogen) atoms. The standard InChI is InChI=1S/C53H33N3/c1-2-12-34(13-3-1)55-48-25-20-33(36-22-23-40-38-15-6-7-16-39(38)52-37-14-5-4-11-32(37)30-45(36)53(40)52)29-43(48)44-31-35(21-26-49(44)55)56-47-19-9-8-17-42(47)51-41-18-10-28-54-46(41)24-27-50(51)56/h1-31,38-39H. The number of para-hydroxylation sites is 2. The number of pyridine rings is 1. The predicted octanol–water partition coefficient (Wildman–Crippen LogP) is 13.7. The maximum atomic E-state index is 4.71. The van der Waals surface area contributed by atoms with E-state index in [-0.39, 0.29) is 0 Å². The van der Waals surface area contributed by atoms with Crippen LogP contribution in [0.4, 0.5) is 0 Å². The fourth-order valence-corrected chi connectivity index (χ4v) is 10.4. The topological polar surface area (TPSA) is 22.8 Å². The molecule has 8 aromatic carbocycles. The number of fused-ring (bicyclic) bond motifs is 13. The molecular weight excluding hydrogens is 679 g/mol. The number of aromatic nitrogens is 3. The fraction of sp³-hybridized carbons (Fsp3) is 0.0377. The molecule has 0 saturated heterocycles. The van der Waals surface area contributed by atoms with E-state index in [0.717, 1.165) is 16.9 Å². The lowest BCUT2D eigenvalue weighted by Gasteiger charge is -2.18. The summed E-state index contributed by atoms with van der Waals surface area (Å²) in [4.78, 5) is 4.71. The summed E-state index contributed by atoms with van der Waals surface area (Å²) < 4.78 is 4.86. The van der Waals surface area contributed by atoms with E-state index >= 15 is 0 Å². The molecule has 11 aromatic rings. The van der Waals surface area contributed by atoms with Crippen LogP contribution in [0.3, 0.4) is 0 Å². The van der Waals surface area contributed by atoms with Crippen molar-refractivity contribution in [1.82, 2.24) is 14.1 Å². The highest BCUT2D eigenvalue weighted by atomic mass is 15.0. The SMILES string of the molecule is C1=CC2c3ccc(-c4ccc5c(c4)c4cc(-n6c7ccccc7c7c8cccnc8ccc76)ccc4n5-c4ccccc4)c4cc5ccccc5c(c34)C2C=C1. The van der Waals surface area contributed by atoms with Crippen molar-refractivity contribution >= 4 is 76.1 Å². The Hall–Kier alpha value is -7.23.